The van der Waals surface area contributed by atoms with Gasteiger partial charge in [0.2, 0.25) is 0 Å². The van der Waals surface area contributed by atoms with Gasteiger partial charge in [0.1, 0.15) is 5.56 Å². The van der Waals surface area contributed by atoms with E-state index in [1.807, 2.05) is 17.5 Å². The molecule has 6 heteroatoms. The van der Waals surface area contributed by atoms with Gasteiger partial charge < -0.3 is 10.1 Å². The Morgan fingerprint density at radius 3 is 2.73 bits per heavy atom. The molecule has 0 radical (unpaired) electrons. The van der Waals surface area contributed by atoms with Crippen LogP contribution < -0.4 is 10.9 Å². The number of aromatic nitrogens is 1. The summed E-state index contributed by atoms with van der Waals surface area (Å²) in [5.74, 6) is -0.118. The van der Waals surface area contributed by atoms with Crippen LogP contribution in [0.15, 0.2) is 29.2 Å². The zero-order chi connectivity index (χ0) is 22.7. The Morgan fingerprint density at radius 2 is 2.00 bits per heavy atom. The smallest absolute Gasteiger partial charge is 0.343 e. The summed E-state index contributed by atoms with van der Waals surface area (Å²) in [5.41, 5.74) is 5.72. The van der Waals surface area contributed by atoms with Crippen molar-refractivity contribution in [3.63, 3.8) is 0 Å². The third-order valence-corrected chi connectivity index (χ3v) is 8.56. The molecule has 0 spiro atoms. The van der Waals surface area contributed by atoms with E-state index in [-0.39, 0.29) is 17.7 Å². The number of pyridine rings is 2. The topological polar surface area (TPSA) is 59.8 Å². The number of rotatable bonds is 6. The largest absolute Gasteiger partial charge is 0.462 e. The Labute approximate surface area is 197 Å². The van der Waals surface area contributed by atoms with Crippen molar-refractivity contribution in [3.8, 4) is 10.4 Å². The van der Waals surface area contributed by atoms with Gasteiger partial charge in [-0.2, -0.15) is 0 Å². The standard InChI is InChI=1S/C27H30N2O3S/c1-3-32-27(31)21-13-19(16-7-8-16)25-15(2)18(11-12-29(25)26(21)30)24-14-20-22(28-17-9-10-17)5-4-6-23(20)33-24/h11-14,16-17,22,28H,3-10H2,1-2H3. The normalized spacial score (nSPS) is 20.1. The van der Waals surface area contributed by atoms with Gasteiger partial charge in [0.05, 0.1) is 12.1 Å². The lowest BCUT2D eigenvalue weighted by Gasteiger charge is -2.23. The molecule has 0 saturated heterocycles. The molecule has 3 aliphatic rings. The van der Waals surface area contributed by atoms with Crippen LogP contribution in [0.2, 0.25) is 0 Å². The average Bonchev–Trinajstić information content (AvgIpc) is 3.73. The molecule has 3 aromatic rings. The van der Waals surface area contributed by atoms with Crippen molar-refractivity contribution >= 4 is 22.8 Å². The summed E-state index contributed by atoms with van der Waals surface area (Å²) in [7, 11) is 0. The monoisotopic (exact) mass is 462 g/mol. The third-order valence-electron chi connectivity index (χ3n) is 7.32. The second-order valence-electron chi connectivity index (χ2n) is 9.76. The summed E-state index contributed by atoms with van der Waals surface area (Å²) < 4.78 is 6.84. The first-order valence-electron chi connectivity index (χ1n) is 12.3. The Kier molecular flexibility index (Phi) is 5.18. The molecule has 0 bridgehead atoms. The minimum atomic E-state index is -0.527. The third kappa shape index (κ3) is 3.73. The van der Waals surface area contributed by atoms with Gasteiger partial charge in [-0.15, -0.1) is 11.3 Å². The van der Waals surface area contributed by atoms with E-state index in [0.717, 1.165) is 35.9 Å². The van der Waals surface area contributed by atoms with E-state index in [0.29, 0.717) is 18.0 Å². The fraction of sp³-hybridized carbons (Fsp3) is 0.481. The Balaban J connectivity index is 1.47. The molecule has 2 saturated carbocycles. The van der Waals surface area contributed by atoms with Crippen LogP contribution in [0.1, 0.15) is 89.3 Å². The molecule has 33 heavy (non-hydrogen) atoms. The molecule has 3 aromatic heterocycles. The van der Waals surface area contributed by atoms with E-state index < -0.39 is 5.97 Å². The van der Waals surface area contributed by atoms with Crippen LogP contribution >= 0.6 is 11.3 Å². The molecule has 0 amide bonds. The molecule has 3 heterocycles. The molecule has 5 nitrogen and oxygen atoms in total. The van der Waals surface area contributed by atoms with Gasteiger partial charge in [-0.1, -0.05) is 0 Å². The minimum absolute atomic E-state index is 0.143. The molecule has 1 atom stereocenters. The van der Waals surface area contributed by atoms with Crippen molar-refractivity contribution in [2.45, 2.75) is 76.8 Å². The van der Waals surface area contributed by atoms with Crippen molar-refractivity contribution < 1.29 is 9.53 Å². The zero-order valence-corrected chi connectivity index (χ0v) is 20.1. The first-order chi connectivity index (χ1) is 16.0. The van der Waals surface area contributed by atoms with Gasteiger partial charge in [-0.25, -0.2) is 4.79 Å². The number of ether oxygens (including phenoxy) is 1. The van der Waals surface area contributed by atoms with Crippen molar-refractivity contribution in [2.75, 3.05) is 6.61 Å². The first kappa shape index (κ1) is 21.1. The van der Waals surface area contributed by atoms with Crippen LogP contribution in [0, 0.1) is 6.92 Å². The maximum Gasteiger partial charge on any atom is 0.343 e. The Bertz CT molecular complexity index is 1310. The molecule has 3 aliphatic carbocycles. The number of hydrogen-bond donors (Lipinski definition) is 1. The molecule has 1 N–H and O–H groups in total. The van der Waals surface area contributed by atoms with Gasteiger partial charge in [0.25, 0.3) is 5.56 Å². The van der Waals surface area contributed by atoms with Gasteiger partial charge in [0, 0.05) is 28.0 Å². The van der Waals surface area contributed by atoms with E-state index in [2.05, 4.69) is 24.4 Å². The van der Waals surface area contributed by atoms with Gasteiger partial charge in [-0.05, 0) is 105 Å². The number of thiophene rings is 1. The number of carbonyl (C=O) groups excluding carboxylic acids is 1. The Hall–Kier alpha value is -2.44. The maximum absolute atomic E-state index is 13.2. The number of nitrogens with zero attached hydrogens (tertiary/aromatic N) is 1. The summed E-state index contributed by atoms with van der Waals surface area (Å²) in [6.45, 7) is 4.15. The summed E-state index contributed by atoms with van der Waals surface area (Å²) >= 11 is 1.91. The second kappa shape index (κ2) is 8.10. The van der Waals surface area contributed by atoms with E-state index >= 15 is 0 Å². The predicted octanol–water partition coefficient (Wildman–Crippen LogP) is 5.52. The van der Waals surface area contributed by atoms with Gasteiger partial charge in [-0.3, -0.25) is 9.20 Å². The van der Waals surface area contributed by atoms with E-state index in [1.165, 1.54) is 46.6 Å². The Morgan fingerprint density at radius 1 is 1.18 bits per heavy atom. The highest BCUT2D eigenvalue weighted by Crippen LogP contribution is 2.45. The van der Waals surface area contributed by atoms with Crippen molar-refractivity contribution in [2.24, 2.45) is 0 Å². The van der Waals surface area contributed by atoms with Crippen LogP contribution in [-0.4, -0.2) is 23.0 Å². The van der Waals surface area contributed by atoms with Crippen LogP contribution in [0.25, 0.3) is 16.0 Å². The number of fused-ring (bicyclic) bond motifs is 2. The van der Waals surface area contributed by atoms with E-state index in [4.69, 9.17) is 4.74 Å². The molecular weight excluding hydrogens is 432 g/mol. The lowest BCUT2D eigenvalue weighted by atomic mass is 9.92. The van der Waals surface area contributed by atoms with Gasteiger partial charge in [0.15, 0.2) is 0 Å². The lowest BCUT2D eigenvalue weighted by Crippen LogP contribution is -2.25. The lowest BCUT2D eigenvalue weighted by molar-refractivity contribution is 0.0524. The molecular formula is C27H30N2O3S. The molecule has 0 aliphatic heterocycles. The molecule has 172 valence electrons. The van der Waals surface area contributed by atoms with Crippen LogP contribution in [0.4, 0.5) is 0 Å². The van der Waals surface area contributed by atoms with Crippen LogP contribution in [-0.2, 0) is 11.2 Å². The van der Waals surface area contributed by atoms with Crippen molar-refractivity contribution in [3.05, 3.63) is 61.9 Å². The quantitative estimate of drug-likeness (QED) is 0.490. The summed E-state index contributed by atoms with van der Waals surface area (Å²) in [5, 5.41) is 3.84. The molecule has 2 fully saturated rings. The average molecular weight is 463 g/mol. The SMILES string of the molecule is CCOC(=O)c1cc(C2CC2)c2c(C)c(-c3cc4c(s3)CCCC4NC3CC3)ccn2c1=O. The zero-order valence-electron chi connectivity index (χ0n) is 19.3. The number of nitrogens with one attached hydrogen (secondary N) is 1. The van der Waals surface area contributed by atoms with E-state index in [1.54, 1.807) is 17.4 Å². The second-order valence-corrected chi connectivity index (χ2v) is 10.9. The minimum Gasteiger partial charge on any atom is -0.462 e. The van der Waals surface area contributed by atoms with Crippen LogP contribution in [0.5, 0.6) is 0 Å². The predicted molar refractivity (Wildman–Crippen MR) is 131 cm³/mol. The number of esters is 1. The molecule has 1 unspecified atom stereocenters. The highest BCUT2D eigenvalue weighted by molar-refractivity contribution is 7.15. The fourth-order valence-electron chi connectivity index (χ4n) is 5.32. The van der Waals surface area contributed by atoms with Crippen LogP contribution in [0.3, 0.4) is 0 Å². The van der Waals surface area contributed by atoms with Crippen molar-refractivity contribution in [1.29, 1.82) is 0 Å². The molecule has 6 rings (SSSR count). The number of aryl methyl sites for hydroxylation is 2. The fourth-order valence-corrected chi connectivity index (χ4v) is 6.67. The number of carbonyl (C=O) groups is 1. The number of hydrogen-bond acceptors (Lipinski definition) is 5. The summed E-state index contributed by atoms with van der Waals surface area (Å²) in [6.07, 6.45) is 10.3. The van der Waals surface area contributed by atoms with E-state index in [9.17, 15) is 9.59 Å². The summed E-state index contributed by atoms with van der Waals surface area (Å²) in [6, 6.07) is 7.42. The highest BCUT2D eigenvalue weighted by Gasteiger charge is 2.31. The highest BCUT2D eigenvalue weighted by atomic mass is 32.1. The summed E-state index contributed by atoms with van der Waals surface area (Å²) in [4.78, 5) is 28.5. The first-order valence-corrected chi connectivity index (χ1v) is 13.1. The van der Waals surface area contributed by atoms with Crippen molar-refractivity contribution in [1.82, 2.24) is 9.72 Å². The van der Waals surface area contributed by atoms with Gasteiger partial charge >= 0.3 is 5.97 Å². The maximum atomic E-state index is 13.2. The molecule has 0 aromatic carbocycles.